The molecular formula is C42H84N4O3. The minimum absolute atomic E-state index is 0.00156. The lowest BCUT2D eigenvalue weighted by Gasteiger charge is -2.23. The van der Waals surface area contributed by atoms with Gasteiger partial charge in [-0.2, -0.15) is 0 Å². The van der Waals surface area contributed by atoms with Crippen molar-refractivity contribution < 1.29 is 14.7 Å². The van der Waals surface area contributed by atoms with Crippen LogP contribution in [0.2, 0.25) is 0 Å². The minimum Gasteiger partial charge on any atom is -0.393 e. The first-order chi connectivity index (χ1) is 23.9. The Kier molecular flexibility index (Phi) is 36.7. The topological polar surface area (TPSA) is 130 Å². The van der Waals surface area contributed by atoms with Gasteiger partial charge in [0, 0.05) is 19.0 Å². The second-order valence-electron chi connectivity index (χ2n) is 14.8. The normalized spacial score (nSPS) is 13.5. The molecule has 0 aliphatic rings. The van der Waals surface area contributed by atoms with Gasteiger partial charge < -0.3 is 27.2 Å². The number of aliphatic hydroxyl groups excluding tert-OH is 1. The zero-order valence-electron chi connectivity index (χ0n) is 32.6. The van der Waals surface area contributed by atoms with E-state index in [-0.39, 0.29) is 24.4 Å². The van der Waals surface area contributed by atoms with Gasteiger partial charge in [-0.05, 0) is 64.3 Å². The number of amides is 2. The largest absolute Gasteiger partial charge is 0.393 e. The highest BCUT2D eigenvalue weighted by Crippen LogP contribution is 2.15. The number of aliphatic hydroxyl groups is 1. The van der Waals surface area contributed by atoms with Gasteiger partial charge in [0.15, 0.2) is 0 Å². The molecule has 49 heavy (non-hydrogen) atoms. The predicted molar refractivity (Wildman–Crippen MR) is 212 cm³/mol. The lowest BCUT2D eigenvalue weighted by molar-refractivity contribution is -0.124. The van der Waals surface area contributed by atoms with Crippen LogP contribution in [0.5, 0.6) is 0 Å². The van der Waals surface area contributed by atoms with E-state index in [1.54, 1.807) is 0 Å². The van der Waals surface area contributed by atoms with Gasteiger partial charge >= 0.3 is 0 Å². The van der Waals surface area contributed by atoms with Crippen LogP contribution in [-0.2, 0) is 9.59 Å². The van der Waals surface area contributed by atoms with Gasteiger partial charge in [0.1, 0.15) is 0 Å². The molecule has 2 amide bonds. The fourth-order valence-electron chi connectivity index (χ4n) is 6.51. The molecule has 0 radical (unpaired) electrons. The van der Waals surface area contributed by atoms with E-state index in [4.69, 9.17) is 11.5 Å². The van der Waals surface area contributed by atoms with Gasteiger partial charge in [0.05, 0.1) is 12.1 Å². The van der Waals surface area contributed by atoms with Crippen LogP contribution < -0.4 is 22.1 Å². The van der Waals surface area contributed by atoms with Crippen molar-refractivity contribution in [1.82, 2.24) is 10.6 Å². The number of hydrogen-bond acceptors (Lipinski definition) is 5. The van der Waals surface area contributed by atoms with E-state index in [0.717, 1.165) is 57.8 Å². The minimum atomic E-state index is -0.579. The second-order valence-corrected chi connectivity index (χ2v) is 14.8. The summed E-state index contributed by atoms with van der Waals surface area (Å²) in [7, 11) is 0. The first-order valence-electron chi connectivity index (χ1n) is 21.3. The highest BCUT2D eigenvalue weighted by atomic mass is 16.3. The van der Waals surface area contributed by atoms with Gasteiger partial charge in [-0.3, -0.25) is 9.59 Å². The smallest absolute Gasteiger partial charge is 0.236 e. The maximum absolute atomic E-state index is 12.8. The Hall–Kier alpha value is -1.44. The fourth-order valence-corrected chi connectivity index (χ4v) is 6.51. The summed E-state index contributed by atoms with van der Waals surface area (Å²) in [5, 5.41) is 16.9. The van der Waals surface area contributed by atoms with Crippen LogP contribution in [0.1, 0.15) is 213 Å². The van der Waals surface area contributed by atoms with E-state index in [1.807, 2.05) is 0 Å². The van der Waals surface area contributed by atoms with E-state index in [2.05, 4.69) is 36.6 Å². The molecule has 0 rings (SSSR count). The van der Waals surface area contributed by atoms with Crippen molar-refractivity contribution in [2.75, 3.05) is 13.1 Å². The van der Waals surface area contributed by atoms with Crippen molar-refractivity contribution >= 4 is 11.8 Å². The van der Waals surface area contributed by atoms with Crippen molar-refractivity contribution in [3.8, 4) is 0 Å². The van der Waals surface area contributed by atoms with Crippen LogP contribution in [0.4, 0.5) is 0 Å². The fraction of sp³-hybridized carbons (Fsp3) is 0.905. The predicted octanol–water partition coefficient (Wildman–Crippen LogP) is 9.92. The molecule has 0 saturated carbocycles. The molecule has 0 fully saturated rings. The van der Waals surface area contributed by atoms with Gasteiger partial charge in [-0.1, -0.05) is 161 Å². The number of carbonyl (C=O) groups is 2. The summed E-state index contributed by atoms with van der Waals surface area (Å²) in [4.78, 5) is 25.4. The average molecular weight is 693 g/mol. The molecule has 0 spiro atoms. The standard InChI is InChI=1S/C42H84N4O3/c1-3-5-7-9-11-13-15-17-18-19-21-23-25-27-29-34-41(48)46-38(37-45-42(49)40(44)33-30-31-35-43)36-39(47)32-28-26-24-22-20-16-14-12-10-8-6-4-2/h17-18,38-40,47H,3-16,19-37,43-44H2,1-2H3,(H,45,49)(H,46,48)/b18-17-. The SMILES string of the molecule is CCCCCCCC/C=C\CCCCCCCC(=O)NC(CNC(=O)C(N)CCCCN)CC(O)CCCCCCCCCCCCCC. The van der Waals surface area contributed by atoms with E-state index in [9.17, 15) is 14.7 Å². The lowest BCUT2D eigenvalue weighted by Crippen LogP contribution is -2.49. The lowest BCUT2D eigenvalue weighted by atomic mass is 10.0. The summed E-state index contributed by atoms with van der Waals surface area (Å²) in [5.74, 6) is -0.203. The zero-order chi connectivity index (χ0) is 36.0. The molecule has 7 nitrogen and oxygen atoms in total. The van der Waals surface area contributed by atoms with E-state index in [0.29, 0.717) is 25.8 Å². The van der Waals surface area contributed by atoms with Crippen LogP contribution in [-0.4, -0.2) is 48.2 Å². The Bertz CT molecular complexity index is 747. The van der Waals surface area contributed by atoms with E-state index in [1.165, 1.54) is 122 Å². The molecule has 3 atom stereocenters. The Morgan fingerprint density at radius 1 is 0.612 bits per heavy atom. The first-order valence-corrected chi connectivity index (χ1v) is 21.3. The molecule has 0 aromatic carbocycles. The number of rotatable bonds is 38. The molecule has 0 aliphatic carbocycles. The number of unbranched alkanes of at least 4 members (excludes halogenated alkanes) is 23. The molecule has 0 heterocycles. The van der Waals surface area contributed by atoms with Crippen LogP contribution >= 0.6 is 0 Å². The molecule has 0 aliphatic heterocycles. The number of allylic oxidation sites excluding steroid dienone is 2. The van der Waals surface area contributed by atoms with Crippen LogP contribution in [0, 0.1) is 0 Å². The van der Waals surface area contributed by atoms with Gasteiger partial charge in [-0.15, -0.1) is 0 Å². The van der Waals surface area contributed by atoms with Crippen molar-refractivity contribution in [2.24, 2.45) is 11.5 Å². The van der Waals surface area contributed by atoms with Crippen molar-refractivity contribution in [3.63, 3.8) is 0 Å². The summed E-state index contributed by atoms with van der Waals surface area (Å²) in [6.07, 6.45) is 39.6. The molecule has 3 unspecified atom stereocenters. The Balaban J connectivity index is 4.31. The quantitative estimate of drug-likeness (QED) is 0.0325. The summed E-state index contributed by atoms with van der Waals surface area (Å²) >= 11 is 0. The van der Waals surface area contributed by atoms with Crippen molar-refractivity contribution in [2.45, 2.75) is 231 Å². The molecule has 7 heteroatoms. The highest BCUT2D eigenvalue weighted by molar-refractivity contribution is 5.81. The summed E-state index contributed by atoms with van der Waals surface area (Å²) < 4.78 is 0. The van der Waals surface area contributed by atoms with Crippen LogP contribution in [0.25, 0.3) is 0 Å². The monoisotopic (exact) mass is 693 g/mol. The van der Waals surface area contributed by atoms with Crippen LogP contribution in [0.3, 0.4) is 0 Å². The van der Waals surface area contributed by atoms with Gasteiger partial charge in [0.25, 0.3) is 0 Å². The molecular weight excluding hydrogens is 608 g/mol. The maximum Gasteiger partial charge on any atom is 0.236 e. The molecule has 290 valence electrons. The maximum atomic E-state index is 12.8. The number of nitrogens with two attached hydrogens (primary N) is 2. The number of nitrogens with one attached hydrogen (secondary N) is 2. The molecule has 7 N–H and O–H groups in total. The number of hydrogen-bond donors (Lipinski definition) is 5. The van der Waals surface area contributed by atoms with Crippen LogP contribution in [0.15, 0.2) is 12.2 Å². The number of carbonyl (C=O) groups excluding carboxylic acids is 2. The Morgan fingerprint density at radius 3 is 1.57 bits per heavy atom. The highest BCUT2D eigenvalue weighted by Gasteiger charge is 2.20. The summed E-state index contributed by atoms with van der Waals surface area (Å²) in [6, 6.07) is -0.882. The third-order valence-corrected chi connectivity index (χ3v) is 9.81. The molecule has 0 aromatic rings. The summed E-state index contributed by atoms with van der Waals surface area (Å²) in [6.45, 7) is 5.41. The molecule has 0 aromatic heterocycles. The average Bonchev–Trinajstić information content (AvgIpc) is 3.09. The van der Waals surface area contributed by atoms with Gasteiger partial charge in [0.2, 0.25) is 11.8 Å². The van der Waals surface area contributed by atoms with E-state index < -0.39 is 12.1 Å². The van der Waals surface area contributed by atoms with Gasteiger partial charge in [-0.25, -0.2) is 0 Å². The zero-order valence-corrected chi connectivity index (χ0v) is 32.6. The summed E-state index contributed by atoms with van der Waals surface area (Å²) in [5.41, 5.74) is 11.7. The van der Waals surface area contributed by atoms with Crippen molar-refractivity contribution in [3.05, 3.63) is 12.2 Å². The Morgan fingerprint density at radius 2 is 1.06 bits per heavy atom. The van der Waals surface area contributed by atoms with Crippen molar-refractivity contribution in [1.29, 1.82) is 0 Å². The second kappa shape index (κ2) is 37.8. The molecule has 0 saturated heterocycles. The third kappa shape index (κ3) is 34.8. The third-order valence-electron chi connectivity index (χ3n) is 9.81. The Labute approximate surface area is 304 Å². The van der Waals surface area contributed by atoms with E-state index >= 15 is 0 Å². The molecule has 0 bridgehead atoms. The first kappa shape index (κ1) is 47.6.